The Balaban J connectivity index is 1.27. The molecule has 2 saturated carbocycles. The highest BCUT2D eigenvalue weighted by molar-refractivity contribution is 7.89. The largest absolute Gasteiger partial charge is 0.497 e. The topological polar surface area (TPSA) is 87.2 Å². The van der Waals surface area contributed by atoms with E-state index >= 15 is 0 Å². The van der Waals surface area contributed by atoms with Gasteiger partial charge in [-0.1, -0.05) is 41.9 Å². The Kier molecular flexibility index (Phi) is 8.57. The number of halogens is 1. The summed E-state index contributed by atoms with van der Waals surface area (Å²) in [6.07, 6.45) is 7.66. The average molecular weight is 635 g/mol. The molecule has 2 aliphatic rings. The van der Waals surface area contributed by atoms with E-state index in [2.05, 4.69) is 11.1 Å². The van der Waals surface area contributed by atoms with Crippen molar-refractivity contribution in [1.29, 1.82) is 0 Å². The Labute approximate surface area is 263 Å². The summed E-state index contributed by atoms with van der Waals surface area (Å²) in [5, 5.41) is 0.359. The van der Waals surface area contributed by atoms with Gasteiger partial charge in [0.2, 0.25) is 10.0 Å². The van der Waals surface area contributed by atoms with Gasteiger partial charge in [-0.25, -0.2) is 12.7 Å². The molecule has 3 aromatic carbocycles. The van der Waals surface area contributed by atoms with E-state index in [9.17, 15) is 8.42 Å². The fraction of sp³-hybridized carbons (Fsp3) is 0.324. The van der Waals surface area contributed by atoms with Gasteiger partial charge >= 0.3 is 0 Å². The second kappa shape index (κ2) is 12.4. The van der Waals surface area contributed by atoms with E-state index in [0.29, 0.717) is 10.6 Å². The molecular weight excluding hydrogens is 600 g/mol. The Morgan fingerprint density at radius 3 is 2.39 bits per heavy atom. The summed E-state index contributed by atoms with van der Waals surface area (Å²) in [6.45, 7) is 0.271. The number of methoxy groups -OCH3 is 1. The summed E-state index contributed by atoms with van der Waals surface area (Å²) in [4.78, 5) is 4.45. The van der Waals surface area contributed by atoms with E-state index in [-0.39, 0.29) is 30.0 Å². The summed E-state index contributed by atoms with van der Waals surface area (Å²) in [7, 11) is 0.719. The number of sulfonamides is 1. The predicted molar refractivity (Wildman–Crippen MR) is 169 cm³/mol. The number of ether oxygens (including phenoxy) is 4. The van der Waals surface area contributed by atoms with Gasteiger partial charge in [0.15, 0.2) is 0 Å². The third kappa shape index (κ3) is 6.42. The van der Waals surface area contributed by atoms with Crippen molar-refractivity contribution < 1.29 is 27.4 Å². The van der Waals surface area contributed by atoms with Crippen LogP contribution in [0.25, 0.3) is 11.1 Å². The van der Waals surface area contributed by atoms with Crippen LogP contribution >= 0.6 is 11.6 Å². The molecule has 10 heteroatoms. The maximum atomic E-state index is 13.4. The van der Waals surface area contributed by atoms with E-state index in [0.717, 1.165) is 63.7 Å². The van der Waals surface area contributed by atoms with Crippen molar-refractivity contribution in [2.45, 2.75) is 55.5 Å². The maximum absolute atomic E-state index is 13.4. The molecule has 0 atom stereocenters. The van der Waals surface area contributed by atoms with Crippen molar-refractivity contribution in [3.8, 4) is 28.4 Å². The van der Waals surface area contributed by atoms with Crippen LogP contribution in [-0.2, 0) is 33.6 Å². The monoisotopic (exact) mass is 634 g/mol. The van der Waals surface area contributed by atoms with E-state index < -0.39 is 15.6 Å². The molecule has 2 aliphatic carbocycles. The third-order valence-corrected chi connectivity index (χ3v) is 10.1. The van der Waals surface area contributed by atoms with Gasteiger partial charge in [-0.2, -0.15) is 0 Å². The molecule has 44 heavy (non-hydrogen) atoms. The number of nitrogens with zero attached hydrogens (tertiary/aromatic N) is 2. The number of rotatable bonds is 13. The zero-order valence-electron chi connectivity index (χ0n) is 25.0. The quantitative estimate of drug-likeness (QED) is 0.157. The Bertz CT molecular complexity index is 1750. The van der Waals surface area contributed by atoms with E-state index in [1.807, 2.05) is 54.7 Å². The fourth-order valence-electron chi connectivity index (χ4n) is 5.05. The predicted octanol–water partition coefficient (Wildman–Crippen LogP) is 6.99. The minimum atomic E-state index is -3.85. The van der Waals surface area contributed by atoms with Gasteiger partial charge in [0, 0.05) is 48.7 Å². The number of para-hydroxylation sites is 1. The summed E-state index contributed by atoms with van der Waals surface area (Å²) < 4.78 is 52.0. The van der Waals surface area contributed by atoms with Gasteiger partial charge in [-0.15, -0.1) is 0 Å². The lowest BCUT2D eigenvalue weighted by atomic mass is 9.96. The van der Waals surface area contributed by atoms with E-state index in [1.54, 1.807) is 25.4 Å². The van der Waals surface area contributed by atoms with Crippen LogP contribution < -0.4 is 14.2 Å². The lowest BCUT2D eigenvalue weighted by Gasteiger charge is -2.23. The molecule has 8 nitrogen and oxygen atoms in total. The van der Waals surface area contributed by atoms with E-state index in [4.69, 9.17) is 30.5 Å². The molecule has 0 aliphatic heterocycles. The molecule has 1 aromatic heterocycles. The van der Waals surface area contributed by atoms with Crippen LogP contribution in [0, 0.1) is 0 Å². The lowest BCUT2D eigenvalue weighted by Crippen LogP contribution is -2.23. The van der Waals surface area contributed by atoms with Crippen molar-refractivity contribution in [3.05, 3.63) is 101 Å². The standard InChI is InChI=1S/C34H35ClN2O6S/c1-37(2)44(38,39)33-18-24(30(35)19-32(33)41-21-23-8-10-25(40-3)11-9-23)22-42-34(15-16-34)29-20-36-17-14-27(29)28-6-4-5-7-31(28)43-26-12-13-26/h4-11,14,17-20,26H,12-13,15-16,21-22H2,1-3H3. The van der Waals surface area contributed by atoms with Crippen LogP contribution in [-0.4, -0.2) is 45.0 Å². The first-order valence-corrected chi connectivity index (χ1v) is 16.4. The summed E-state index contributed by atoms with van der Waals surface area (Å²) in [6, 6.07) is 20.5. The van der Waals surface area contributed by atoms with Gasteiger partial charge in [0.05, 0.1) is 25.4 Å². The van der Waals surface area contributed by atoms with Crippen molar-refractivity contribution in [1.82, 2.24) is 9.29 Å². The smallest absolute Gasteiger partial charge is 0.246 e. The fourth-order valence-corrected chi connectivity index (χ4v) is 6.32. The normalized spacial score (nSPS) is 15.7. The number of aromatic nitrogens is 1. The first-order chi connectivity index (χ1) is 21.2. The molecule has 0 N–H and O–H groups in total. The number of pyridine rings is 1. The highest BCUT2D eigenvalue weighted by Crippen LogP contribution is 2.53. The minimum Gasteiger partial charge on any atom is -0.497 e. The third-order valence-electron chi connectivity index (χ3n) is 7.94. The van der Waals surface area contributed by atoms with Crippen LogP contribution in [0.3, 0.4) is 0 Å². The van der Waals surface area contributed by atoms with Crippen molar-refractivity contribution in [3.63, 3.8) is 0 Å². The zero-order chi connectivity index (χ0) is 30.9. The SMILES string of the molecule is COc1ccc(COc2cc(Cl)c(COC3(c4cnccc4-c4ccccc4OC4CC4)CC3)cc2S(=O)(=O)N(C)C)cc1. The number of benzene rings is 3. The van der Waals surface area contributed by atoms with Gasteiger partial charge in [0.25, 0.3) is 0 Å². The maximum Gasteiger partial charge on any atom is 0.246 e. The van der Waals surface area contributed by atoms with Crippen molar-refractivity contribution >= 4 is 21.6 Å². The van der Waals surface area contributed by atoms with Crippen LogP contribution in [0.2, 0.25) is 5.02 Å². The Morgan fingerprint density at radius 2 is 1.70 bits per heavy atom. The zero-order valence-corrected chi connectivity index (χ0v) is 26.5. The van der Waals surface area contributed by atoms with Crippen LogP contribution in [0.1, 0.15) is 42.4 Å². The van der Waals surface area contributed by atoms with Crippen LogP contribution in [0.5, 0.6) is 17.2 Å². The van der Waals surface area contributed by atoms with Crippen LogP contribution in [0.15, 0.2) is 84.0 Å². The molecule has 1 heterocycles. The first-order valence-electron chi connectivity index (χ1n) is 14.6. The average Bonchev–Trinajstić information content (AvgIpc) is 3.97. The minimum absolute atomic E-state index is 0.0251. The highest BCUT2D eigenvalue weighted by atomic mass is 35.5. The molecule has 0 bridgehead atoms. The second-order valence-corrected chi connectivity index (χ2v) is 13.9. The molecule has 0 spiro atoms. The van der Waals surface area contributed by atoms with Crippen molar-refractivity contribution in [2.75, 3.05) is 21.2 Å². The van der Waals surface area contributed by atoms with E-state index in [1.165, 1.54) is 14.1 Å². The summed E-state index contributed by atoms with van der Waals surface area (Å²) in [5.74, 6) is 1.75. The Hall–Kier alpha value is -3.63. The van der Waals surface area contributed by atoms with Crippen molar-refractivity contribution in [2.24, 2.45) is 0 Å². The van der Waals surface area contributed by atoms with Gasteiger partial charge < -0.3 is 18.9 Å². The first kappa shape index (κ1) is 30.4. The highest BCUT2D eigenvalue weighted by Gasteiger charge is 2.48. The molecule has 0 radical (unpaired) electrons. The molecule has 0 amide bonds. The molecular formula is C34H35ClN2O6S. The molecule has 230 valence electrons. The molecule has 0 unspecified atom stereocenters. The molecule has 0 saturated heterocycles. The number of hydrogen-bond acceptors (Lipinski definition) is 7. The number of hydrogen-bond donors (Lipinski definition) is 0. The molecule has 2 fully saturated rings. The summed E-state index contributed by atoms with van der Waals surface area (Å²) in [5.41, 5.74) is 3.83. The summed E-state index contributed by atoms with van der Waals surface area (Å²) >= 11 is 6.74. The van der Waals surface area contributed by atoms with Crippen LogP contribution in [0.4, 0.5) is 0 Å². The lowest BCUT2D eigenvalue weighted by molar-refractivity contribution is 0.0173. The molecule has 6 rings (SSSR count). The molecule has 4 aromatic rings. The van der Waals surface area contributed by atoms with Gasteiger partial charge in [0.1, 0.15) is 28.8 Å². The Morgan fingerprint density at radius 1 is 0.955 bits per heavy atom. The second-order valence-electron chi connectivity index (χ2n) is 11.3. The van der Waals surface area contributed by atoms with Gasteiger partial charge in [-0.3, -0.25) is 4.98 Å². The van der Waals surface area contributed by atoms with Gasteiger partial charge in [-0.05, 0) is 72.7 Å².